The molecule has 100 valence electrons. The number of carboxylic acids is 1. The van der Waals surface area contributed by atoms with Gasteiger partial charge < -0.3 is 5.11 Å². The number of benzene rings is 1. The van der Waals surface area contributed by atoms with E-state index in [4.69, 9.17) is 5.11 Å². The topological polar surface area (TPSA) is 50.2 Å². The van der Waals surface area contributed by atoms with Crippen LogP contribution in [0, 0.1) is 11.8 Å². The standard InChI is InChI=1S/C15H17NO2S/c1-10(11(2)15(17)18)8-14-16-13(9-19-14)12-6-4-3-5-7-12/h3-7,9-11H,8H2,1-2H3,(H,17,18). The van der Waals surface area contributed by atoms with Gasteiger partial charge in [0.15, 0.2) is 0 Å². The maximum atomic E-state index is 10.9. The zero-order valence-corrected chi connectivity index (χ0v) is 11.9. The quantitative estimate of drug-likeness (QED) is 0.905. The van der Waals surface area contributed by atoms with E-state index < -0.39 is 5.97 Å². The minimum absolute atomic E-state index is 0.0901. The first kappa shape index (κ1) is 13.7. The molecule has 0 aliphatic heterocycles. The van der Waals surface area contributed by atoms with Crippen molar-refractivity contribution in [2.45, 2.75) is 20.3 Å². The third kappa shape index (κ3) is 3.41. The van der Waals surface area contributed by atoms with Crippen LogP contribution < -0.4 is 0 Å². The molecule has 19 heavy (non-hydrogen) atoms. The summed E-state index contributed by atoms with van der Waals surface area (Å²) in [5, 5.41) is 12.0. The van der Waals surface area contributed by atoms with Crippen LogP contribution in [0.3, 0.4) is 0 Å². The van der Waals surface area contributed by atoms with Crippen LogP contribution in [0.15, 0.2) is 35.7 Å². The van der Waals surface area contributed by atoms with Crippen molar-refractivity contribution in [1.29, 1.82) is 0 Å². The first-order valence-corrected chi connectivity index (χ1v) is 7.18. The third-order valence-electron chi connectivity index (χ3n) is 3.36. The van der Waals surface area contributed by atoms with Gasteiger partial charge in [-0.3, -0.25) is 4.79 Å². The fraction of sp³-hybridized carbons (Fsp3) is 0.333. The molecule has 0 spiro atoms. The molecule has 1 heterocycles. The highest BCUT2D eigenvalue weighted by atomic mass is 32.1. The van der Waals surface area contributed by atoms with E-state index in [0.717, 1.165) is 16.3 Å². The van der Waals surface area contributed by atoms with Crippen molar-refractivity contribution in [2.24, 2.45) is 11.8 Å². The second kappa shape index (κ2) is 5.97. The fourth-order valence-corrected chi connectivity index (χ4v) is 2.79. The molecule has 0 fully saturated rings. The summed E-state index contributed by atoms with van der Waals surface area (Å²) in [6.45, 7) is 3.71. The highest BCUT2D eigenvalue weighted by Crippen LogP contribution is 2.25. The molecule has 4 heteroatoms. The average molecular weight is 275 g/mol. The van der Waals surface area contributed by atoms with Gasteiger partial charge in [-0.1, -0.05) is 44.2 Å². The maximum absolute atomic E-state index is 10.9. The van der Waals surface area contributed by atoms with Crippen LogP contribution in [0.25, 0.3) is 11.3 Å². The van der Waals surface area contributed by atoms with Crippen molar-refractivity contribution in [3.8, 4) is 11.3 Å². The van der Waals surface area contributed by atoms with E-state index >= 15 is 0 Å². The van der Waals surface area contributed by atoms with Gasteiger partial charge in [-0.25, -0.2) is 4.98 Å². The van der Waals surface area contributed by atoms with Crippen molar-refractivity contribution < 1.29 is 9.90 Å². The van der Waals surface area contributed by atoms with Crippen LogP contribution >= 0.6 is 11.3 Å². The summed E-state index contributed by atoms with van der Waals surface area (Å²) in [6, 6.07) is 10.0. The normalized spacial score (nSPS) is 14.0. The Morgan fingerprint density at radius 3 is 2.63 bits per heavy atom. The largest absolute Gasteiger partial charge is 0.481 e. The van der Waals surface area contributed by atoms with Gasteiger partial charge in [-0.2, -0.15) is 0 Å². The van der Waals surface area contributed by atoms with Gasteiger partial charge in [0.05, 0.1) is 16.6 Å². The predicted octanol–water partition coefficient (Wildman–Crippen LogP) is 3.71. The lowest BCUT2D eigenvalue weighted by Gasteiger charge is -2.13. The van der Waals surface area contributed by atoms with Crippen LogP contribution in [-0.4, -0.2) is 16.1 Å². The zero-order valence-electron chi connectivity index (χ0n) is 11.0. The van der Waals surface area contributed by atoms with Crippen LogP contribution in [0.2, 0.25) is 0 Å². The van der Waals surface area contributed by atoms with Gasteiger partial charge in [0.25, 0.3) is 0 Å². The molecule has 1 aromatic carbocycles. The molecule has 0 aliphatic rings. The first-order chi connectivity index (χ1) is 9.08. The summed E-state index contributed by atoms with van der Waals surface area (Å²) >= 11 is 1.60. The first-order valence-electron chi connectivity index (χ1n) is 6.30. The summed E-state index contributed by atoms with van der Waals surface area (Å²) in [4.78, 5) is 15.5. The summed E-state index contributed by atoms with van der Waals surface area (Å²) in [5.74, 6) is -0.997. The number of aromatic nitrogens is 1. The van der Waals surface area contributed by atoms with E-state index in [-0.39, 0.29) is 11.8 Å². The smallest absolute Gasteiger partial charge is 0.306 e. The molecular weight excluding hydrogens is 258 g/mol. The molecule has 0 aliphatic carbocycles. The zero-order chi connectivity index (χ0) is 13.8. The number of thiazole rings is 1. The fourth-order valence-electron chi connectivity index (χ4n) is 1.84. The number of aliphatic carboxylic acids is 1. The van der Waals surface area contributed by atoms with Crippen LogP contribution in [0.4, 0.5) is 0 Å². The minimum Gasteiger partial charge on any atom is -0.481 e. The Balaban J connectivity index is 2.08. The van der Waals surface area contributed by atoms with Gasteiger partial charge in [0.1, 0.15) is 0 Å². The molecule has 0 bridgehead atoms. The Hall–Kier alpha value is -1.68. The molecular formula is C15H17NO2S. The van der Waals surface area contributed by atoms with Gasteiger partial charge >= 0.3 is 5.97 Å². The van der Waals surface area contributed by atoms with Crippen molar-refractivity contribution in [3.05, 3.63) is 40.7 Å². The van der Waals surface area contributed by atoms with E-state index in [0.29, 0.717) is 6.42 Å². The molecule has 0 saturated carbocycles. The van der Waals surface area contributed by atoms with Crippen molar-refractivity contribution in [1.82, 2.24) is 4.98 Å². The van der Waals surface area contributed by atoms with Crippen LogP contribution in [0.1, 0.15) is 18.9 Å². The minimum atomic E-state index is -0.743. The molecule has 1 N–H and O–H groups in total. The molecule has 0 amide bonds. The van der Waals surface area contributed by atoms with Crippen molar-refractivity contribution in [3.63, 3.8) is 0 Å². The van der Waals surface area contributed by atoms with E-state index in [1.807, 2.05) is 42.6 Å². The third-order valence-corrected chi connectivity index (χ3v) is 4.23. The van der Waals surface area contributed by atoms with Crippen LogP contribution in [0.5, 0.6) is 0 Å². The summed E-state index contributed by atoms with van der Waals surface area (Å²) in [7, 11) is 0. The van der Waals surface area contributed by atoms with Crippen molar-refractivity contribution in [2.75, 3.05) is 0 Å². The highest BCUT2D eigenvalue weighted by molar-refractivity contribution is 7.09. The van der Waals surface area contributed by atoms with Gasteiger partial charge in [-0.05, 0) is 5.92 Å². The van der Waals surface area contributed by atoms with E-state index in [2.05, 4.69) is 4.98 Å². The van der Waals surface area contributed by atoms with E-state index in [1.165, 1.54) is 0 Å². The monoisotopic (exact) mass is 275 g/mol. The second-order valence-corrected chi connectivity index (χ2v) is 5.74. The molecule has 0 radical (unpaired) electrons. The number of rotatable bonds is 5. The summed E-state index contributed by atoms with van der Waals surface area (Å²) < 4.78 is 0. The lowest BCUT2D eigenvalue weighted by atomic mass is 9.93. The van der Waals surface area contributed by atoms with E-state index in [1.54, 1.807) is 18.3 Å². The Labute approximate surface area is 116 Å². The average Bonchev–Trinajstić information content (AvgIpc) is 2.87. The van der Waals surface area contributed by atoms with Crippen LogP contribution in [-0.2, 0) is 11.2 Å². The number of hydrogen-bond acceptors (Lipinski definition) is 3. The maximum Gasteiger partial charge on any atom is 0.306 e. The lowest BCUT2D eigenvalue weighted by Crippen LogP contribution is -2.19. The Morgan fingerprint density at radius 2 is 2.00 bits per heavy atom. The highest BCUT2D eigenvalue weighted by Gasteiger charge is 2.20. The second-order valence-electron chi connectivity index (χ2n) is 4.80. The Kier molecular flexibility index (Phi) is 4.32. The number of hydrogen-bond donors (Lipinski definition) is 1. The predicted molar refractivity (Wildman–Crippen MR) is 77.2 cm³/mol. The Bertz CT molecular complexity index is 550. The SMILES string of the molecule is CC(Cc1nc(-c2ccccc2)cs1)C(C)C(=O)O. The lowest BCUT2D eigenvalue weighted by molar-refractivity contribution is -0.142. The summed E-state index contributed by atoms with van der Waals surface area (Å²) in [5.41, 5.74) is 2.07. The molecule has 3 nitrogen and oxygen atoms in total. The van der Waals surface area contributed by atoms with Crippen molar-refractivity contribution >= 4 is 17.3 Å². The number of carbonyl (C=O) groups is 1. The molecule has 0 saturated heterocycles. The molecule has 2 atom stereocenters. The van der Waals surface area contributed by atoms with Gasteiger partial charge in [-0.15, -0.1) is 11.3 Å². The Morgan fingerprint density at radius 1 is 1.32 bits per heavy atom. The van der Waals surface area contributed by atoms with Gasteiger partial charge in [0.2, 0.25) is 0 Å². The number of nitrogens with zero attached hydrogens (tertiary/aromatic N) is 1. The number of carboxylic acid groups (broad SMARTS) is 1. The molecule has 1 aromatic heterocycles. The molecule has 2 unspecified atom stereocenters. The molecule has 2 aromatic rings. The van der Waals surface area contributed by atoms with E-state index in [9.17, 15) is 4.79 Å². The molecule has 2 rings (SSSR count). The summed E-state index contributed by atoms with van der Waals surface area (Å²) in [6.07, 6.45) is 0.713. The van der Waals surface area contributed by atoms with Gasteiger partial charge in [0, 0.05) is 17.4 Å².